The Morgan fingerprint density at radius 1 is 0.920 bits per heavy atom. The number of guanidine groups is 1. The molecule has 0 aromatic heterocycles. The normalized spacial score (nSPS) is 11.2. The van der Waals surface area contributed by atoms with Crippen LogP contribution in [0.1, 0.15) is 16.7 Å². The fraction of sp³-hybridized carbons (Fsp3) is 0.316. The first-order valence-electron chi connectivity index (χ1n) is 7.91. The van der Waals surface area contributed by atoms with E-state index in [2.05, 4.69) is 24.2 Å². The van der Waals surface area contributed by atoms with Gasteiger partial charge in [0.15, 0.2) is 17.5 Å². The minimum atomic E-state index is 0.333. The van der Waals surface area contributed by atoms with Gasteiger partial charge >= 0.3 is 0 Å². The van der Waals surface area contributed by atoms with E-state index in [0.717, 1.165) is 11.3 Å². The van der Waals surface area contributed by atoms with Crippen molar-refractivity contribution in [2.24, 2.45) is 10.7 Å². The third-order valence-corrected chi connectivity index (χ3v) is 3.99. The lowest BCUT2D eigenvalue weighted by atomic mass is 10.1. The van der Waals surface area contributed by atoms with E-state index >= 15 is 0 Å². The molecule has 0 heterocycles. The highest BCUT2D eigenvalue weighted by Gasteiger charge is 2.11. The molecule has 6 nitrogen and oxygen atoms in total. The minimum Gasteiger partial charge on any atom is -0.496 e. The molecule has 0 unspecified atom stereocenters. The van der Waals surface area contributed by atoms with Gasteiger partial charge in [-0.15, -0.1) is 0 Å². The van der Waals surface area contributed by atoms with Crippen LogP contribution in [0.5, 0.6) is 17.2 Å². The van der Waals surface area contributed by atoms with Gasteiger partial charge in [-0.1, -0.05) is 6.07 Å². The van der Waals surface area contributed by atoms with Crippen LogP contribution in [0.4, 0.5) is 5.69 Å². The van der Waals surface area contributed by atoms with Crippen molar-refractivity contribution in [3.8, 4) is 17.2 Å². The molecule has 0 amide bonds. The van der Waals surface area contributed by atoms with Crippen LogP contribution in [0.25, 0.3) is 0 Å². The number of rotatable bonds is 6. The van der Waals surface area contributed by atoms with Gasteiger partial charge in [0.2, 0.25) is 0 Å². The lowest BCUT2D eigenvalue weighted by molar-refractivity contribution is 0.347. The summed E-state index contributed by atoms with van der Waals surface area (Å²) in [7, 11) is 4.78. The zero-order valence-electron chi connectivity index (χ0n) is 15.3. The summed E-state index contributed by atoms with van der Waals surface area (Å²) < 4.78 is 16.0. The first-order chi connectivity index (χ1) is 12.0. The molecule has 0 aliphatic heterocycles. The average Bonchev–Trinajstić information content (AvgIpc) is 2.62. The van der Waals surface area contributed by atoms with Crippen LogP contribution < -0.4 is 25.3 Å². The van der Waals surface area contributed by atoms with E-state index in [0.29, 0.717) is 29.8 Å². The topological polar surface area (TPSA) is 78.1 Å². The predicted molar refractivity (Wildman–Crippen MR) is 101 cm³/mol. The SMILES string of the molecule is COc1cc(OC)c(OC)cc1CN=C(N)Nc1ccc(C)c(C)c1. The monoisotopic (exact) mass is 343 g/mol. The van der Waals surface area contributed by atoms with Gasteiger partial charge in [-0.25, -0.2) is 4.99 Å². The Hall–Kier alpha value is -2.89. The lowest BCUT2D eigenvalue weighted by Crippen LogP contribution is -2.22. The molecule has 134 valence electrons. The van der Waals surface area contributed by atoms with Crippen molar-refractivity contribution in [2.45, 2.75) is 20.4 Å². The molecule has 0 saturated carbocycles. The Morgan fingerprint density at radius 3 is 2.16 bits per heavy atom. The van der Waals surface area contributed by atoms with Crippen LogP contribution in [0, 0.1) is 13.8 Å². The van der Waals surface area contributed by atoms with E-state index in [1.807, 2.05) is 24.3 Å². The quantitative estimate of drug-likeness (QED) is 0.622. The molecule has 2 aromatic carbocycles. The molecule has 2 aromatic rings. The lowest BCUT2D eigenvalue weighted by Gasteiger charge is -2.13. The molecule has 0 atom stereocenters. The van der Waals surface area contributed by atoms with E-state index in [1.165, 1.54) is 11.1 Å². The Kier molecular flexibility index (Phi) is 6.11. The number of aryl methyl sites for hydroxylation is 2. The molecule has 0 saturated heterocycles. The molecule has 3 N–H and O–H groups in total. The number of hydrogen-bond donors (Lipinski definition) is 2. The molecular formula is C19H25N3O3. The Bertz CT molecular complexity index is 773. The Balaban J connectivity index is 2.17. The zero-order chi connectivity index (χ0) is 18.4. The third kappa shape index (κ3) is 4.56. The van der Waals surface area contributed by atoms with Crippen molar-refractivity contribution in [1.82, 2.24) is 0 Å². The molecule has 6 heteroatoms. The van der Waals surface area contributed by atoms with Gasteiger partial charge in [0.05, 0.1) is 27.9 Å². The number of hydrogen-bond acceptors (Lipinski definition) is 4. The van der Waals surface area contributed by atoms with Crippen molar-refractivity contribution in [1.29, 1.82) is 0 Å². The van der Waals surface area contributed by atoms with Gasteiger partial charge < -0.3 is 25.3 Å². The molecule has 0 bridgehead atoms. The Labute approximate surface area is 148 Å². The van der Waals surface area contributed by atoms with Crippen molar-refractivity contribution < 1.29 is 14.2 Å². The summed E-state index contributed by atoms with van der Waals surface area (Å²) in [5.41, 5.74) is 10.2. The number of aliphatic imine (C=N–C) groups is 1. The fourth-order valence-electron chi connectivity index (χ4n) is 2.39. The molecule has 0 aliphatic rings. The largest absolute Gasteiger partial charge is 0.496 e. The number of anilines is 1. The Morgan fingerprint density at radius 2 is 1.56 bits per heavy atom. The van der Waals surface area contributed by atoms with Crippen LogP contribution in [0.2, 0.25) is 0 Å². The maximum Gasteiger partial charge on any atom is 0.193 e. The maximum absolute atomic E-state index is 6.00. The van der Waals surface area contributed by atoms with Crippen molar-refractivity contribution in [3.63, 3.8) is 0 Å². The molecule has 0 aliphatic carbocycles. The number of benzene rings is 2. The van der Waals surface area contributed by atoms with Gasteiger partial charge in [0.1, 0.15) is 5.75 Å². The van der Waals surface area contributed by atoms with E-state index in [9.17, 15) is 0 Å². The van der Waals surface area contributed by atoms with Gasteiger partial charge in [-0.2, -0.15) is 0 Å². The number of methoxy groups -OCH3 is 3. The predicted octanol–water partition coefficient (Wildman–Crippen LogP) is 3.26. The molecule has 2 rings (SSSR count). The standard InChI is InChI=1S/C19H25N3O3/c1-12-6-7-15(8-13(12)2)22-19(20)21-11-14-9-17(24-4)18(25-5)10-16(14)23-3/h6-10H,11H2,1-5H3,(H3,20,21,22). The van der Waals surface area contributed by atoms with Gasteiger partial charge in [0.25, 0.3) is 0 Å². The number of nitrogens with two attached hydrogens (primary N) is 1. The molecular weight excluding hydrogens is 318 g/mol. The highest BCUT2D eigenvalue weighted by atomic mass is 16.5. The summed E-state index contributed by atoms with van der Waals surface area (Å²) in [6.45, 7) is 4.48. The maximum atomic E-state index is 6.00. The highest BCUT2D eigenvalue weighted by Crippen LogP contribution is 2.34. The van der Waals surface area contributed by atoms with E-state index in [1.54, 1.807) is 27.4 Å². The summed E-state index contributed by atoms with van der Waals surface area (Å²) in [4.78, 5) is 4.39. The van der Waals surface area contributed by atoms with E-state index in [-0.39, 0.29) is 0 Å². The van der Waals surface area contributed by atoms with Crippen LogP contribution in [0.3, 0.4) is 0 Å². The van der Waals surface area contributed by atoms with Crippen molar-refractivity contribution >= 4 is 11.6 Å². The second-order valence-electron chi connectivity index (χ2n) is 5.64. The highest BCUT2D eigenvalue weighted by molar-refractivity contribution is 5.92. The smallest absolute Gasteiger partial charge is 0.193 e. The summed E-state index contributed by atoms with van der Waals surface area (Å²) >= 11 is 0. The first-order valence-corrected chi connectivity index (χ1v) is 7.91. The first kappa shape index (κ1) is 18.4. The number of ether oxygens (including phenoxy) is 3. The van der Waals surface area contributed by atoms with E-state index in [4.69, 9.17) is 19.9 Å². The summed E-state index contributed by atoms with van der Waals surface area (Å²) in [5.74, 6) is 2.22. The molecule has 0 spiro atoms. The van der Waals surface area contributed by atoms with Gasteiger partial charge in [-0.3, -0.25) is 0 Å². The molecule has 25 heavy (non-hydrogen) atoms. The summed E-state index contributed by atoms with van der Waals surface area (Å²) in [6.07, 6.45) is 0. The minimum absolute atomic E-state index is 0.333. The second kappa shape index (κ2) is 8.28. The number of nitrogens with zero attached hydrogens (tertiary/aromatic N) is 1. The van der Waals surface area contributed by atoms with Crippen LogP contribution >= 0.6 is 0 Å². The van der Waals surface area contributed by atoms with Crippen molar-refractivity contribution in [3.05, 3.63) is 47.0 Å². The third-order valence-electron chi connectivity index (χ3n) is 3.99. The second-order valence-corrected chi connectivity index (χ2v) is 5.64. The van der Waals surface area contributed by atoms with Crippen molar-refractivity contribution in [2.75, 3.05) is 26.6 Å². The summed E-state index contributed by atoms with van der Waals surface area (Å²) in [6, 6.07) is 9.67. The molecule has 0 fully saturated rings. The zero-order valence-corrected chi connectivity index (χ0v) is 15.3. The van der Waals surface area contributed by atoms with Crippen LogP contribution in [-0.4, -0.2) is 27.3 Å². The van der Waals surface area contributed by atoms with Crippen LogP contribution in [0.15, 0.2) is 35.3 Å². The summed E-state index contributed by atoms with van der Waals surface area (Å²) in [5, 5.41) is 3.10. The van der Waals surface area contributed by atoms with Crippen LogP contribution in [-0.2, 0) is 6.54 Å². The molecule has 0 radical (unpaired) electrons. The average molecular weight is 343 g/mol. The number of nitrogens with one attached hydrogen (secondary N) is 1. The fourth-order valence-corrected chi connectivity index (χ4v) is 2.39. The van der Waals surface area contributed by atoms with E-state index < -0.39 is 0 Å². The van der Waals surface area contributed by atoms with Gasteiger partial charge in [-0.05, 0) is 43.2 Å². The van der Waals surface area contributed by atoms with Gasteiger partial charge in [0, 0.05) is 17.3 Å².